The SMILES string of the molecule is CCCNS(=O)(=O)c1ccc2c(c1)C1C=CCC1C(c1cc(Cl)cc(Cl)c1O)N2. The molecule has 0 bridgehead atoms. The smallest absolute Gasteiger partial charge is 0.240 e. The number of phenols is 1. The van der Waals surface area contributed by atoms with Gasteiger partial charge in [0.1, 0.15) is 5.75 Å². The van der Waals surface area contributed by atoms with Crippen molar-refractivity contribution < 1.29 is 13.5 Å². The van der Waals surface area contributed by atoms with Gasteiger partial charge in [-0.15, -0.1) is 0 Å². The summed E-state index contributed by atoms with van der Waals surface area (Å²) < 4.78 is 27.7. The van der Waals surface area contributed by atoms with Gasteiger partial charge in [0.05, 0.1) is 16.0 Å². The van der Waals surface area contributed by atoms with Gasteiger partial charge in [0.2, 0.25) is 10.0 Å². The van der Waals surface area contributed by atoms with Gasteiger partial charge >= 0.3 is 0 Å². The summed E-state index contributed by atoms with van der Waals surface area (Å²) in [5.74, 6) is 0.171. The molecule has 1 aliphatic carbocycles. The molecule has 2 aliphatic rings. The number of fused-ring (bicyclic) bond motifs is 3. The number of sulfonamides is 1. The number of rotatable bonds is 5. The monoisotopic (exact) mass is 452 g/mol. The first kappa shape index (κ1) is 20.5. The number of nitrogens with one attached hydrogen (secondary N) is 2. The minimum absolute atomic E-state index is 0.0191. The molecule has 3 N–H and O–H groups in total. The summed E-state index contributed by atoms with van der Waals surface area (Å²) in [6.07, 6.45) is 5.73. The lowest BCUT2D eigenvalue weighted by molar-refractivity contribution is 0.402. The van der Waals surface area contributed by atoms with Crippen LogP contribution in [0.1, 0.15) is 42.9 Å². The van der Waals surface area contributed by atoms with E-state index in [0.29, 0.717) is 17.1 Å². The Morgan fingerprint density at radius 2 is 2.00 bits per heavy atom. The first-order valence-electron chi connectivity index (χ1n) is 9.56. The minimum atomic E-state index is -3.55. The van der Waals surface area contributed by atoms with Gasteiger partial charge in [-0.2, -0.15) is 0 Å². The van der Waals surface area contributed by atoms with Crippen LogP contribution in [0.4, 0.5) is 5.69 Å². The number of allylic oxidation sites excluding steroid dienone is 2. The van der Waals surface area contributed by atoms with Crippen LogP contribution in [0.3, 0.4) is 0 Å². The Kier molecular flexibility index (Phi) is 5.55. The maximum absolute atomic E-state index is 12.6. The first-order chi connectivity index (χ1) is 13.8. The Morgan fingerprint density at radius 1 is 1.21 bits per heavy atom. The van der Waals surface area contributed by atoms with Crippen LogP contribution in [0.15, 0.2) is 47.4 Å². The number of halogens is 2. The average molecular weight is 453 g/mol. The Morgan fingerprint density at radius 3 is 2.76 bits per heavy atom. The fraction of sp³-hybridized carbons (Fsp3) is 0.333. The summed E-state index contributed by atoms with van der Waals surface area (Å²) in [6, 6.07) is 8.19. The van der Waals surface area contributed by atoms with Crippen molar-refractivity contribution in [2.45, 2.75) is 36.6 Å². The van der Waals surface area contributed by atoms with E-state index in [-0.39, 0.29) is 33.5 Å². The summed E-state index contributed by atoms with van der Waals surface area (Å²) >= 11 is 12.3. The van der Waals surface area contributed by atoms with Gasteiger partial charge in [-0.05, 0) is 54.7 Å². The summed E-state index contributed by atoms with van der Waals surface area (Å²) in [7, 11) is -3.55. The van der Waals surface area contributed by atoms with E-state index in [4.69, 9.17) is 23.2 Å². The van der Waals surface area contributed by atoms with Crippen LogP contribution in [0.5, 0.6) is 5.75 Å². The highest BCUT2D eigenvalue weighted by atomic mass is 35.5. The largest absolute Gasteiger partial charge is 0.506 e. The lowest BCUT2D eigenvalue weighted by Crippen LogP contribution is -2.30. The van der Waals surface area contributed by atoms with Crippen LogP contribution in [0.2, 0.25) is 10.0 Å². The molecule has 154 valence electrons. The highest BCUT2D eigenvalue weighted by Crippen LogP contribution is 2.52. The molecule has 0 fully saturated rings. The predicted molar refractivity (Wildman–Crippen MR) is 116 cm³/mol. The van der Waals surface area contributed by atoms with Crippen LogP contribution in [-0.4, -0.2) is 20.1 Å². The standard InChI is InChI=1S/C21H22Cl2N2O3S/c1-2-8-24-29(27,28)13-6-7-19-16(11-13)14-4-3-5-15(14)20(25-19)17-9-12(22)10-18(23)21(17)26/h3-4,6-7,9-11,14-15,20,24-26H,2,5,8H2,1H3. The van der Waals surface area contributed by atoms with Crippen molar-refractivity contribution in [3.05, 3.63) is 63.7 Å². The van der Waals surface area contributed by atoms with Gasteiger partial charge in [0.15, 0.2) is 0 Å². The second-order valence-electron chi connectivity index (χ2n) is 7.45. The molecular formula is C21H22Cl2N2O3S. The molecule has 0 amide bonds. The van der Waals surface area contributed by atoms with Crippen molar-refractivity contribution >= 4 is 38.9 Å². The van der Waals surface area contributed by atoms with E-state index in [9.17, 15) is 13.5 Å². The van der Waals surface area contributed by atoms with Crippen molar-refractivity contribution in [3.63, 3.8) is 0 Å². The van der Waals surface area contributed by atoms with Crippen LogP contribution >= 0.6 is 23.2 Å². The van der Waals surface area contributed by atoms with Crippen molar-refractivity contribution in [3.8, 4) is 5.75 Å². The third kappa shape index (κ3) is 3.75. The number of phenolic OH excluding ortho intramolecular Hbond substituents is 1. The maximum atomic E-state index is 12.6. The summed E-state index contributed by atoms with van der Waals surface area (Å²) in [5.41, 5.74) is 2.42. The van der Waals surface area contributed by atoms with Crippen LogP contribution in [0.25, 0.3) is 0 Å². The second-order valence-corrected chi connectivity index (χ2v) is 10.1. The summed E-state index contributed by atoms with van der Waals surface area (Å²) in [4.78, 5) is 0.262. The average Bonchev–Trinajstić information content (AvgIpc) is 3.18. The van der Waals surface area contributed by atoms with E-state index in [1.165, 1.54) is 6.07 Å². The molecule has 2 aromatic rings. The Labute approximate surface area is 180 Å². The van der Waals surface area contributed by atoms with E-state index >= 15 is 0 Å². The number of aromatic hydroxyl groups is 1. The lowest BCUT2D eigenvalue weighted by atomic mass is 9.77. The molecule has 0 aromatic heterocycles. The fourth-order valence-electron chi connectivity index (χ4n) is 4.19. The first-order valence-corrected chi connectivity index (χ1v) is 11.8. The van der Waals surface area contributed by atoms with Gasteiger partial charge in [0.25, 0.3) is 0 Å². The molecule has 0 saturated heterocycles. The van der Waals surface area contributed by atoms with E-state index in [1.807, 2.05) is 6.92 Å². The van der Waals surface area contributed by atoms with Crippen LogP contribution in [-0.2, 0) is 10.0 Å². The third-order valence-corrected chi connectivity index (χ3v) is 7.54. The fourth-order valence-corrected chi connectivity index (χ4v) is 5.87. The summed E-state index contributed by atoms with van der Waals surface area (Å²) in [5, 5.41) is 14.7. The molecular weight excluding hydrogens is 431 g/mol. The van der Waals surface area contributed by atoms with Crippen LogP contribution in [0, 0.1) is 5.92 Å². The molecule has 8 heteroatoms. The minimum Gasteiger partial charge on any atom is -0.506 e. The molecule has 0 saturated carbocycles. The van der Waals surface area contributed by atoms with Gasteiger partial charge < -0.3 is 10.4 Å². The molecule has 1 heterocycles. The Balaban J connectivity index is 1.75. The number of anilines is 1. The summed E-state index contributed by atoms with van der Waals surface area (Å²) in [6.45, 7) is 2.32. The van der Waals surface area contributed by atoms with Crippen molar-refractivity contribution in [2.75, 3.05) is 11.9 Å². The number of hydrogen-bond acceptors (Lipinski definition) is 4. The molecule has 2 aromatic carbocycles. The third-order valence-electron chi connectivity index (χ3n) is 5.58. The zero-order chi connectivity index (χ0) is 20.8. The Bertz CT molecular complexity index is 1090. The molecule has 0 radical (unpaired) electrons. The molecule has 1 aliphatic heterocycles. The Hall–Kier alpha value is -1.73. The van der Waals surface area contributed by atoms with E-state index in [0.717, 1.165) is 24.1 Å². The topological polar surface area (TPSA) is 78.4 Å². The van der Waals surface area contributed by atoms with E-state index < -0.39 is 10.0 Å². The highest BCUT2D eigenvalue weighted by Gasteiger charge is 2.39. The van der Waals surface area contributed by atoms with E-state index in [1.54, 1.807) is 24.3 Å². The molecule has 3 atom stereocenters. The predicted octanol–water partition coefficient (Wildman–Crippen LogP) is 5.21. The van der Waals surface area contributed by atoms with Crippen LogP contribution < -0.4 is 10.0 Å². The number of hydrogen-bond donors (Lipinski definition) is 3. The van der Waals surface area contributed by atoms with Crippen molar-refractivity contribution in [1.29, 1.82) is 0 Å². The molecule has 4 rings (SSSR count). The second kappa shape index (κ2) is 7.84. The van der Waals surface area contributed by atoms with Gasteiger partial charge in [-0.1, -0.05) is 42.3 Å². The normalized spacial score (nSPS) is 22.8. The number of benzene rings is 2. The molecule has 3 unspecified atom stereocenters. The van der Waals surface area contributed by atoms with E-state index in [2.05, 4.69) is 22.2 Å². The van der Waals surface area contributed by atoms with Gasteiger partial charge in [-0.25, -0.2) is 13.1 Å². The molecule has 0 spiro atoms. The lowest BCUT2D eigenvalue weighted by Gasteiger charge is -2.38. The maximum Gasteiger partial charge on any atom is 0.240 e. The highest BCUT2D eigenvalue weighted by molar-refractivity contribution is 7.89. The molecule has 5 nitrogen and oxygen atoms in total. The van der Waals surface area contributed by atoms with Crippen molar-refractivity contribution in [2.24, 2.45) is 5.92 Å². The zero-order valence-corrected chi connectivity index (χ0v) is 18.2. The quantitative estimate of drug-likeness (QED) is 0.543. The van der Waals surface area contributed by atoms with Crippen molar-refractivity contribution in [1.82, 2.24) is 4.72 Å². The zero-order valence-electron chi connectivity index (χ0n) is 15.8. The van der Waals surface area contributed by atoms with Gasteiger partial charge in [0, 0.05) is 28.7 Å². The molecule has 29 heavy (non-hydrogen) atoms. The van der Waals surface area contributed by atoms with Gasteiger partial charge in [-0.3, -0.25) is 0 Å².